The Morgan fingerprint density at radius 3 is 2.32 bits per heavy atom. The van der Waals surface area contributed by atoms with E-state index in [-0.39, 0.29) is 5.91 Å². The maximum Gasteiger partial charge on any atom is 0.255 e. The molecular weight excluding hydrogens is 370 g/mol. The number of hydrogen-bond acceptors (Lipinski definition) is 1. The standard InChI is InChI=1S/C15H13Br2NO/c1-18(10-11-6-8-12(16)9-7-11)15(19)13-4-2-3-5-14(13)17/h2-9H,10H2,1H3. The van der Waals surface area contributed by atoms with Gasteiger partial charge in [0, 0.05) is 22.5 Å². The lowest BCUT2D eigenvalue weighted by Gasteiger charge is -2.18. The van der Waals surface area contributed by atoms with Crippen molar-refractivity contribution in [3.63, 3.8) is 0 Å². The zero-order valence-corrected chi connectivity index (χ0v) is 13.6. The van der Waals surface area contributed by atoms with Gasteiger partial charge in [0.1, 0.15) is 0 Å². The quantitative estimate of drug-likeness (QED) is 0.766. The second-order valence-corrected chi connectivity index (χ2v) is 6.04. The van der Waals surface area contributed by atoms with E-state index < -0.39 is 0 Å². The minimum atomic E-state index is 0.00962. The van der Waals surface area contributed by atoms with Crippen LogP contribution in [0.5, 0.6) is 0 Å². The second-order valence-electron chi connectivity index (χ2n) is 4.27. The van der Waals surface area contributed by atoms with Gasteiger partial charge in [-0.3, -0.25) is 4.79 Å². The van der Waals surface area contributed by atoms with Crippen LogP contribution in [0.3, 0.4) is 0 Å². The molecule has 0 bridgehead atoms. The molecule has 0 saturated carbocycles. The molecule has 0 aliphatic heterocycles. The fraction of sp³-hybridized carbons (Fsp3) is 0.133. The van der Waals surface area contributed by atoms with Crippen LogP contribution in [0.25, 0.3) is 0 Å². The van der Waals surface area contributed by atoms with Crippen molar-refractivity contribution in [1.82, 2.24) is 4.90 Å². The fourth-order valence-electron chi connectivity index (χ4n) is 1.78. The van der Waals surface area contributed by atoms with Gasteiger partial charge in [-0.2, -0.15) is 0 Å². The molecule has 19 heavy (non-hydrogen) atoms. The molecular formula is C15H13Br2NO. The predicted octanol–water partition coefficient (Wildman–Crippen LogP) is 4.48. The Hall–Kier alpha value is -1.13. The molecule has 2 nitrogen and oxygen atoms in total. The molecule has 0 unspecified atom stereocenters. The maximum absolute atomic E-state index is 12.3. The van der Waals surface area contributed by atoms with E-state index in [0.717, 1.165) is 14.5 Å². The minimum absolute atomic E-state index is 0.00962. The molecule has 0 fully saturated rings. The number of benzene rings is 2. The first kappa shape index (κ1) is 14.3. The average Bonchev–Trinajstić information content (AvgIpc) is 2.41. The largest absolute Gasteiger partial charge is 0.337 e. The van der Waals surface area contributed by atoms with E-state index in [4.69, 9.17) is 0 Å². The van der Waals surface area contributed by atoms with E-state index >= 15 is 0 Å². The summed E-state index contributed by atoms with van der Waals surface area (Å²) in [7, 11) is 1.81. The highest BCUT2D eigenvalue weighted by Gasteiger charge is 2.14. The summed E-state index contributed by atoms with van der Waals surface area (Å²) in [4.78, 5) is 14.0. The molecule has 0 aromatic heterocycles. The third kappa shape index (κ3) is 3.67. The Bertz CT molecular complexity index is 581. The first-order chi connectivity index (χ1) is 9.08. The van der Waals surface area contributed by atoms with Crippen LogP contribution >= 0.6 is 31.9 Å². The normalized spacial score (nSPS) is 10.3. The predicted molar refractivity (Wildman–Crippen MR) is 84.1 cm³/mol. The molecule has 2 aromatic rings. The van der Waals surface area contributed by atoms with Gasteiger partial charge in [0.25, 0.3) is 5.91 Å². The van der Waals surface area contributed by atoms with Gasteiger partial charge in [0.2, 0.25) is 0 Å². The average molecular weight is 383 g/mol. The molecule has 0 spiro atoms. The van der Waals surface area contributed by atoms with Crippen LogP contribution in [0.1, 0.15) is 15.9 Å². The van der Waals surface area contributed by atoms with Gasteiger partial charge in [-0.05, 0) is 45.8 Å². The lowest BCUT2D eigenvalue weighted by atomic mass is 10.1. The van der Waals surface area contributed by atoms with E-state index in [2.05, 4.69) is 31.9 Å². The number of halogens is 2. The van der Waals surface area contributed by atoms with Crippen molar-refractivity contribution in [2.45, 2.75) is 6.54 Å². The van der Waals surface area contributed by atoms with E-state index in [1.54, 1.807) is 4.90 Å². The van der Waals surface area contributed by atoms with Crippen LogP contribution in [0, 0.1) is 0 Å². The SMILES string of the molecule is CN(Cc1ccc(Br)cc1)C(=O)c1ccccc1Br. The first-order valence-electron chi connectivity index (χ1n) is 5.82. The third-order valence-corrected chi connectivity index (χ3v) is 4.00. The van der Waals surface area contributed by atoms with Gasteiger partial charge < -0.3 is 4.90 Å². The Morgan fingerprint density at radius 1 is 1.05 bits per heavy atom. The van der Waals surface area contributed by atoms with Crippen LogP contribution < -0.4 is 0 Å². The lowest BCUT2D eigenvalue weighted by molar-refractivity contribution is 0.0784. The van der Waals surface area contributed by atoms with Gasteiger partial charge in [-0.15, -0.1) is 0 Å². The van der Waals surface area contributed by atoms with Crippen LogP contribution in [0.2, 0.25) is 0 Å². The van der Waals surface area contributed by atoms with Crippen molar-refractivity contribution in [3.8, 4) is 0 Å². The molecule has 1 amide bonds. The zero-order chi connectivity index (χ0) is 13.8. The number of amides is 1. The smallest absolute Gasteiger partial charge is 0.255 e. The molecule has 0 N–H and O–H groups in total. The molecule has 2 rings (SSSR count). The number of carbonyl (C=O) groups is 1. The Morgan fingerprint density at radius 2 is 1.68 bits per heavy atom. The van der Waals surface area contributed by atoms with E-state index in [1.807, 2.05) is 55.6 Å². The van der Waals surface area contributed by atoms with Gasteiger partial charge >= 0.3 is 0 Å². The molecule has 0 aliphatic rings. The summed E-state index contributed by atoms with van der Waals surface area (Å²) in [5.74, 6) is 0.00962. The van der Waals surface area contributed by atoms with Crippen LogP contribution in [0.4, 0.5) is 0 Å². The van der Waals surface area contributed by atoms with Gasteiger partial charge in [-0.1, -0.05) is 40.2 Å². The van der Waals surface area contributed by atoms with Gasteiger partial charge in [0.05, 0.1) is 5.56 Å². The summed E-state index contributed by atoms with van der Waals surface area (Å²) >= 11 is 6.81. The molecule has 0 radical (unpaired) electrons. The van der Waals surface area contributed by atoms with Gasteiger partial charge in [-0.25, -0.2) is 0 Å². The summed E-state index contributed by atoms with van der Waals surface area (Å²) in [5, 5.41) is 0. The molecule has 0 saturated heterocycles. The van der Waals surface area contributed by atoms with Crippen molar-refractivity contribution in [1.29, 1.82) is 0 Å². The Kier molecular flexibility index (Phi) is 4.77. The highest BCUT2D eigenvalue weighted by atomic mass is 79.9. The zero-order valence-electron chi connectivity index (χ0n) is 10.4. The van der Waals surface area contributed by atoms with Crippen LogP contribution in [-0.4, -0.2) is 17.9 Å². The van der Waals surface area contributed by atoms with Crippen molar-refractivity contribution in [2.75, 3.05) is 7.05 Å². The number of rotatable bonds is 3. The molecule has 0 aliphatic carbocycles. The summed E-state index contributed by atoms with van der Waals surface area (Å²) in [5.41, 5.74) is 1.79. The maximum atomic E-state index is 12.3. The number of hydrogen-bond donors (Lipinski definition) is 0. The second kappa shape index (κ2) is 6.35. The highest BCUT2D eigenvalue weighted by Crippen LogP contribution is 2.18. The summed E-state index contributed by atoms with van der Waals surface area (Å²) in [6.45, 7) is 0.591. The van der Waals surface area contributed by atoms with E-state index in [1.165, 1.54) is 0 Å². The number of carbonyl (C=O) groups excluding carboxylic acids is 1. The highest BCUT2D eigenvalue weighted by molar-refractivity contribution is 9.10. The molecule has 0 atom stereocenters. The molecule has 4 heteroatoms. The summed E-state index contributed by atoms with van der Waals surface area (Å²) in [6, 6.07) is 15.4. The van der Waals surface area contributed by atoms with Crippen molar-refractivity contribution in [2.24, 2.45) is 0 Å². The Labute approximate surface area is 129 Å². The third-order valence-electron chi connectivity index (χ3n) is 2.78. The van der Waals surface area contributed by atoms with Crippen LogP contribution in [-0.2, 0) is 6.54 Å². The topological polar surface area (TPSA) is 20.3 Å². The fourth-order valence-corrected chi connectivity index (χ4v) is 2.49. The number of nitrogens with zero attached hydrogens (tertiary/aromatic N) is 1. The Balaban J connectivity index is 2.12. The molecule has 0 heterocycles. The van der Waals surface area contributed by atoms with E-state index in [9.17, 15) is 4.79 Å². The van der Waals surface area contributed by atoms with E-state index in [0.29, 0.717) is 12.1 Å². The van der Waals surface area contributed by atoms with Crippen molar-refractivity contribution in [3.05, 3.63) is 68.6 Å². The summed E-state index contributed by atoms with van der Waals surface area (Å²) < 4.78 is 1.86. The van der Waals surface area contributed by atoms with Crippen molar-refractivity contribution >= 4 is 37.8 Å². The molecule has 98 valence electrons. The monoisotopic (exact) mass is 381 g/mol. The lowest BCUT2D eigenvalue weighted by Crippen LogP contribution is -2.26. The van der Waals surface area contributed by atoms with Gasteiger partial charge in [0.15, 0.2) is 0 Å². The minimum Gasteiger partial charge on any atom is -0.337 e. The van der Waals surface area contributed by atoms with Crippen molar-refractivity contribution < 1.29 is 4.79 Å². The molecule has 2 aromatic carbocycles. The summed E-state index contributed by atoms with van der Waals surface area (Å²) in [6.07, 6.45) is 0. The van der Waals surface area contributed by atoms with Crippen LogP contribution in [0.15, 0.2) is 57.5 Å². The first-order valence-corrected chi connectivity index (χ1v) is 7.41.